The Kier molecular flexibility index (Phi) is 5.40. The average molecular weight is 221 g/mol. The van der Waals surface area contributed by atoms with Crippen molar-refractivity contribution in [3.8, 4) is 0 Å². The van der Waals surface area contributed by atoms with Gasteiger partial charge in [-0.15, -0.1) is 0 Å². The largest absolute Gasteiger partial charge is 0.469 e. The van der Waals surface area contributed by atoms with E-state index in [1.54, 1.807) is 0 Å². The van der Waals surface area contributed by atoms with Gasteiger partial charge in [0.25, 0.3) is 0 Å². The van der Waals surface area contributed by atoms with Crippen molar-refractivity contribution in [3.05, 3.63) is 30.3 Å². The first-order chi connectivity index (χ1) is 7.74. The van der Waals surface area contributed by atoms with Crippen molar-refractivity contribution >= 4 is 11.7 Å². The quantitative estimate of drug-likeness (QED) is 0.546. The lowest BCUT2D eigenvalue weighted by Crippen LogP contribution is -2.18. The Labute approximate surface area is 97.0 Å². The van der Waals surface area contributed by atoms with E-state index in [2.05, 4.69) is 28.8 Å². The summed E-state index contributed by atoms with van der Waals surface area (Å²) < 4.78 is 4.59. The Morgan fingerprint density at radius 1 is 1.25 bits per heavy atom. The molecule has 0 fully saturated rings. The van der Waals surface area contributed by atoms with Gasteiger partial charge < -0.3 is 9.64 Å². The van der Waals surface area contributed by atoms with Crippen LogP contribution in [0.3, 0.4) is 0 Å². The summed E-state index contributed by atoms with van der Waals surface area (Å²) in [7, 11) is 3.49. The molecule has 0 aromatic heterocycles. The van der Waals surface area contributed by atoms with Crippen LogP contribution in [0, 0.1) is 0 Å². The number of unbranched alkanes of at least 4 members (excludes halogenated alkanes) is 1. The fraction of sp³-hybridized carbons (Fsp3) is 0.462. The number of hydrogen-bond donors (Lipinski definition) is 0. The lowest BCUT2D eigenvalue weighted by molar-refractivity contribution is -0.140. The summed E-state index contributed by atoms with van der Waals surface area (Å²) >= 11 is 0. The molecule has 3 heteroatoms. The van der Waals surface area contributed by atoms with Gasteiger partial charge in [0.15, 0.2) is 0 Å². The van der Waals surface area contributed by atoms with Crippen LogP contribution in [0.25, 0.3) is 0 Å². The first-order valence-electron chi connectivity index (χ1n) is 5.57. The Hall–Kier alpha value is -1.51. The summed E-state index contributed by atoms with van der Waals surface area (Å²) in [5.41, 5.74) is 1.21. The van der Waals surface area contributed by atoms with Gasteiger partial charge in [-0.3, -0.25) is 4.79 Å². The number of carbonyl (C=O) groups excluding carboxylic acids is 1. The number of para-hydroxylation sites is 1. The van der Waals surface area contributed by atoms with Gasteiger partial charge in [-0.25, -0.2) is 0 Å². The number of ether oxygens (including phenoxy) is 1. The maximum Gasteiger partial charge on any atom is 0.305 e. The minimum absolute atomic E-state index is 0.123. The molecule has 3 nitrogen and oxygen atoms in total. The third-order valence-corrected chi connectivity index (χ3v) is 2.55. The normalized spacial score (nSPS) is 9.88. The molecule has 0 aliphatic rings. The lowest BCUT2D eigenvalue weighted by Gasteiger charge is -2.18. The molecule has 0 N–H and O–H groups in total. The van der Waals surface area contributed by atoms with Crippen LogP contribution in [0.15, 0.2) is 30.3 Å². The predicted octanol–water partition coefficient (Wildman–Crippen LogP) is 2.47. The van der Waals surface area contributed by atoms with Crippen molar-refractivity contribution in [2.75, 3.05) is 25.6 Å². The van der Waals surface area contributed by atoms with E-state index in [1.165, 1.54) is 12.8 Å². The molecule has 0 aliphatic carbocycles. The van der Waals surface area contributed by atoms with Crippen LogP contribution >= 0.6 is 0 Å². The van der Waals surface area contributed by atoms with Gasteiger partial charge in [-0.2, -0.15) is 0 Å². The van der Waals surface area contributed by atoms with Crippen LogP contribution in [0.4, 0.5) is 5.69 Å². The number of nitrogens with zero attached hydrogens (tertiary/aromatic N) is 1. The minimum Gasteiger partial charge on any atom is -0.469 e. The van der Waals surface area contributed by atoms with Crippen molar-refractivity contribution in [2.24, 2.45) is 0 Å². The molecular weight excluding hydrogens is 202 g/mol. The van der Waals surface area contributed by atoms with Gasteiger partial charge in [-0.1, -0.05) is 18.2 Å². The lowest BCUT2D eigenvalue weighted by atomic mass is 10.2. The fourth-order valence-corrected chi connectivity index (χ4v) is 1.53. The molecule has 0 heterocycles. The van der Waals surface area contributed by atoms with Crippen LogP contribution < -0.4 is 4.90 Å². The molecule has 0 amide bonds. The van der Waals surface area contributed by atoms with Gasteiger partial charge in [0.05, 0.1) is 7.11 Å². The van der Waals surface area contributed by atoms with Gasteiger partial charge in [0.2, 0.25) is 0 Å². The second-order valence-electron chi connectivity index (χ2n) is 3.79. The highest BCUT2D eigenvalue weighted by Gasteiger charge is 2.02. The van der Waals surface area contributed by atoms with E-state index < -0.39 is 0 Å². The summed E-state index contributed by atoms with van der Waals surface area (Å²) in [5.74, 6) is -0.123. The molecule has 0 aliphatic heterocycles. The van der Waals surface area contributed by atoms with E-state index in [-0.39, 0.29) is 5.97 Å². The highest BCUT2D eigenvalue weighted by atomic mass is 16.5. The maximum atomic E-state index is 10.9. The van der Waals surface area contributed by atoms with E-state index in [0.29, 0.717) is 6.42 Å². The number of methoxy groups -OCH3 is 1. The number of benzene rings is 1. The number of hydrogen-bond acceptors (Lipinski definition) is 3. The van der Waals surface area contributed by atoms with E-state index in [4.69, 9.17) is 0 Å². The van der Waals surface area contributed by atoms with Crippen molar-refractivity contribution < 1.29 is 9.53 Å². The third-order valence-electron chi connectivity index (χ3n) is 2.55. The topological polar surface area (TPSA) is 29.5 Å². The Morgan fingerprint density at radius 2 is 1.94 bits per heavy atom. The Bertz CT molecular complexity index is 311. The van der Waals surface area contributed by atoms with Crippen molar-refractivity contribution in [1.82, 2.24) is 0 Å². The van der Waals surface area contributed by atoms with Gasteiger partial charge in [-0.05, 0) is 25.0 Å². The Morgan fingerprint density at radius 3 is 2.56 bits per heavy atom. The van der Waals surface area contributed by atoms with Crippen LogP contribution in [-0.4, -0.2) is 26.7 Å². The fourth-order valence-electron chi connectivity index (χ4n) is 1.53. The molecule has 0 atom stereocenters. The zero-order valence-corrected chi connectivity index (χ0v) is 9.98. The first-order valence-corrected chi connectivity index (χ1v) is 5.57. The average Bonchev–Trinajstić information content (AvgIpc) is 2.35. The Balaban J connectivity index is 2.21. The number of esters is 1. The number of carbonyl (C=O) groups is 1. The molecule has 0 unspecified atom stereocenters. The molecule has 1 rings (SSSR count). The summed E-state index contributed by atoms with van der Waals surface area (Å²) in [6, 6.07) is 10.2. The molecule has 0 radical (unpaired) electrons. The summed E-state index contributed by atoms with van der Waals surface area (Å²) in [6.07, 6.45) is 2.39. The molecule has 1 aromatic carbocycles. The maximum absolute atomic E-state index is 10.9. The first kappa shape index (κ1) is 12.6. The molecular formula is C13H19NO2. The smallest absolute Gasteiger partial charge is 0.305 e. The van der Waals surface area contributed by atoms with Crippen molar-refractivity contribution in [3.63, 3.8) is 0 Å². The summed E-state index contributed by atoms with van der Waals surface area (Å²) in [5, 5.41) is 0. The molecule has 1 aromatic rings. The predicted molar refractivity (Wildman–Crippen MR) is 65.6 cm³/mol. The van der Waals surface area contributed by atoms with Gasteiger partial charge in [0, 0.05) is 25.7 Å². The molecule has 16 heavy (non-hydrogen) atoms. The van der Waals surface area contributed by atoms with Gasteiger partial charge in [0.1, 0.15) is 0 Å². The minimum atomic E-state index is -0.123. The SMILES string of the molecule is COC(=O)CCCCN(C)c1ccccc1. The van der Waals surface area contributed by atoms with Crippen LogP contribution in [-0.2, 0) is 9.53 Å². The monoisotopic (exact) mass is 221 g/mol. The molecule has 0 spiro atoms. The molecule has 0 saturated heterocycles. The number of anilines is 1. The zero-order valence-electron chi connectivity index (χ0n) is 9.98. The van der Waals surface area contributed by atoms with Crippen LogP contribution in [0.2, 0.25) is 0 Å². The highest BCUT2D eigenvalue weighted by molar-refractivity contribution is 5.68. The molecule has 0 saturated carbocycles. The second-order valence-corrected chi connectivity index (χ2v) is 3.79. The van der Waals surface area contributed by atoms with E-state index in [0.717, 1.165) is 19.4 Å². The van der Waals surface area contributed by atoms with Crippen molar-refractivity contribution in [2.45, 2.75) is 19.3 Å². The van der Waals surface area contributed by atoms with Gasteiger partial charge >= 0.3 is 5.97 Å². The van der Waals surface area contributed by atoms with E-state index in [1.807, 2.05) is 18.2 Å². The van der Waals surface area contributed by atoms with Crippen LogP contribution in [0.1, 0.15) is 19.3 Å². The van der Waals surface area contributed by atoms with Crippen LogP contribution in [0.5, 0.6) is 0 Å². The molecule has 0 bridgehead atoms. The highest BCUT2D eigenvalue weighted by Crippen LogP contribution is 2.11. The van der Waals surface area contributed by atoms with Crippen molar-refractivity contribution in [1.29, 1.82) is 0 Å². The standard InChI is InChI=1S/C13H19NO2/c1-14(12-8-4-3-5-9-12)11-7-6-10-13(15)16-2/h3-5,8-9H,6-7,10-11H2,1-2H3. The second kappa shape index (κ2) is 6.88. The summed E-state index contributed by atoms with van der Waals surface area (Å²) in [4.78, 5) is 13.1. The van der Waals surface area contributed by atoms with E-state index in [9.17, 15) is 4.79 Å². The zero-order chi connectivity index (χ0) is 11.8. The summed E-state index contributed by atoms with van der Waals surface area (Å²) in [6.45, 7) is 0.959. The third kappa shape index (κ3) is 4.34. The van der Waals surface area contributed by atoms with E-state index >= 15 is 0 Å². The number of rotatable bonds is 6. The molecule has 88 valence electrons.